The lowest BCUT2D eigenvalue weighted by atomic mass is 10.3. The Morgan fingerprint density at radius 2 is 1.64 bits per heavy atom. The molecule has 0 unspecified atom stereocenters. The van der Waals surface area contributed by atoms with Gasteiger partial charge in [0.2, 0.25) is 0 Å². The molecule has 0 saturated carbocycles. The molecule has 0 aliphatic rings. The van der Waals surface area contributed by atoms with Crippen molar-refractivity contribution in [1.82, 2.24) is 0 Å². The Hall–Kier alpha value is -0.290. The second-order valence-corrected chi connectivity index (χ2v) is 6.95. The summed E-state index contributed by atoms with van der Waals surface area (Å²) >= 11 is 1.79. The van der Waals surface area contributed by atoms with E-state index in [0.717, 1.165) is 0 Å². The van der Waals surface area contributed by atoms with Gasteiger partial charge in [0.15, 0.2) is 0 Å². The smallest absolute Gasteiger partial charge is 0.195 e. The normalized spacial score (nSPS) is 10.7. The summed E-state index contributed by atoms with van der Waals surface area (Å²) in [6, 6.07) is 10.5. The van der Waals surface area contributed by atoms with Gasteiger partial charge < -0.3 is 0 Å². The van der Waals surface area contributed by atoms with Crippen LogP contribution in [0.3, 0.4) is 0 Å². The Morgan fingerprint density at radius 3 is 2.21 bits per heavy atom. The maximum absolute atomic E-state index is 9.16. The molecule has 76 valence electrons. The third kappa shape index (κ3) is 4.81. The lowest BCUT2D eigenvalue weighted by Gasteiger charge is -1.82. The highest BCUT2D eigenvalue weighted by Crippen LogP contribution is 2.18. The van der Waals surface area contributed by atoms with Gasteiger partial charge in [-0.25, -0.2) is 0 Å². The molecule has 0 saturated heterocycles. The van der Waals surface area contributed by atoms with Gasteiger partial charge in [0.25, 0.3) is 0 Å². The van der Waals surface area contributed by atoms with E-state index in [4.69, 9.17) is 8.42 Å². The zero-order valence-electron chi connectivity index (χ0n) is 6.85. The van der Waals surface area contributed by atoms with Crippen LogP contribution in [-0.2, 0) is 8.26 Å². The molecule has 0 amide bonds. The van der Waals surface area contributed by atoms with Crippen molar-refractivity contribution in [2.75, 3.05) is 0 Å². The van der Waals surface area contributed by atoms with E-state index in [9.17, 15) is 0 Å². The molecule has 0 radical (unpaired) electrons. The number of thiophene rings is 1. The minimum Gasteiger partial charge on any atom is -0.195 e. The van der Waals surface area contributed by atoms with E-state index >= 15 is 0 Å². The number of fused-ring (bicyclic) bond motifs is 1. The van der Waals surface area contributed by atoms with E-state index in [-0.39, 0.29) is 0 Å². The van der Waals surface area contributed by atoms with E-state index in [1.807, 2.05) is 0 Å². The van der Waals surface area contributed by atoms with Crippen molar-refractivity contribution in [2.45, 2.75) is 0 Å². The van der Waals surface area contributed by atoms with Gasteiger partial charge in [0.05, 0.1) is 0 Å². The van der Waals surface area contributed by atoms with Crippen molar-refractivity contribution >= 4 is 51.1 Å². The first-order valence-corrected chi connectivity index (χ1v) is 7.55. The fraction of sp³-hybridized carbons (Fsp3) is 0. The molecule has 0 aliphatic carbocycles. The van der Waals surface area contributed by atoms with Crippen LogP contribution < -0.4 is 0 Å². The largest absolute Gasteiger partial charge is 0.317 e. The highest BCUT2D eigenvalue weighted by Gasteiger charge is 1.89. The van der Waals surface area contributed by atoms with Crippen molar-refractivity contribution in [3.05, 3.63) is 35.7 Å². The van der Waals surface area contributed by atoms with E-state index in [2.05, 4.69) is 57.1 Å². The lowest BCUT2D eigenvalue weighted by molar-refractivity contribution is 0.621. The van der Waals surface area contributed by atoms with Crippen LogP contribution in [-0.4, -0.2) is 8.42 Å². The molecule has 0 spiro atoms. The van der Waals surface area contributed by atoms with Crippen LogP contribution in [0.25, 0.3) is 10.1 Å². The number of hydrogen-bond acceptors (Lipinski definition) is 3. The predicted molar refractivity (Wildman–Crippen MR) is 62.5 cm³/mol. The molecule has 0 aliphatic heterocycles. The molecule has 0 bridgehead atoms. The highest BCUT2D eigenvalue weighted by molar-refractivity contribution is 8.31. The molecule has 0 N–H and O–H groups in total. The second kappa shape index (κ2) is 4.98. The van der Waals surface area contributed by atoms with Crippen molar-refractivity contribution in [3.8, 4) is 0 Å². The zero-order valence-corrected chi connectivity index (χ0v) is 10.00. The Morgan fingerprint density at radius 1 is 1.07 bits per heavy atom. The van der Waals surface area contributed by atoms with E-state index in [0.29, 0.717) is 0 Å². The molecule has 2 aromatic rings. The quantitative estimate of drug-likeness (QED) is 0.684. The van der Waals surface area contributed by atoms with Gasteiger partial charge in [-0.05, 0) is 22.9 Å². The lowest BCUT2D eigenvalue weighted by Crippen LogP contribution is -1.63. The van der Waals surface area contributed by atoms with Gasteiger partial charge in [0.1, 0.15) is 0 Å². The molecule has 1 aromatic carbocycles. The fourth-order valence-electron chi connectivity index (χ4n) is 0.906. The summed E-state index contributed by atoms with van der Waals surface area (Å²) in [7, 11) is 4.81. The van der Waals surface area contributed by atoms with Gasteiger partial charge in [-0.3, -0.25) is 0 Å². The Balaban J connectivity index is 0.000000171. The van der Waals surface area contributed by atoms with Crippen molar-refractivity contribution in [3.63, 3.8) is 0 Å². The Kier molecular flexibility index (Phi) is 4.19. The molecule has 6 heteroatoms. The number of hydrogen-bond donors (Lipinski definition) is 0. The summed E-state index contributed by atoms with van der Waals surface area (Å²) in [4.78, 5) is 0. The first-order valence-electron chi connectivity index (χ1n) is 3.53. The van der Waals surface area contributed by atoms with Crippen LogP contribution in [0.15, 0.2) is 35.7 Å². The molecule has 14 heavy (non-hydrogen) atoms. The van der Waals surface area contributed by atoms with Crippen LogP contribution in [0, 0.1) is 0 Å². The Bertz CT molecular complexity index is 467. The van der Waals surface area contributed by atoms with Gasteiger partial charge in [0, 0.05) is 26.1 Å². The summed E-state index contributed by atoms with van der Waals surface area (Å²) in [5, 5.41) is 3.47. The highest BCUT2D eigenvalue weighted by atomic mass is 36.0. The third-order valence-corrected chi connectivity index (χ3v) is 2.26. The summed E-state index contributed by atoms with van der Waals surface area (Å²) in [6.45, 7) is 0. The van der Waals surface area contributed by atoms with Gasteiger partial charge >= 0.3 is 8.26 Å². The molecular weight excluding hydrogens is 263 g/mol. The fourth-order valence-corrected chi connectivity index (χ4v) is 1.70. The van der Waals surface area contributed by atoms with Crippen LogP contribution in [0.4, 0.5) is 0 Å². The maximum Gasteiger partial charge on any atom is 0.317 e. The molecule has 1 aromatic heterocycles. The van der Waals surface area contributed by atoms with Gasteiger partial charge in [-0.2, -0.15) is 8.42 Å². The monoisotopic (exact) mass is 268 g/mol. The van der Waals surface area contributed by atoms with Crippen molar-refractivity contribution < 1.29 is 8.42 Å². The van der Waals surface area contributed by atoms with Crippen LogP contribution in [0.2, 0.25) is 0 Å². The van der Waals surface area contributed by atoms with Gasteiger partial charge in [-0.1, -0.05) is 18.2 Å². The molecule has 1 heterocycles. The van der Waals surface area contributed by atoms with E-state index in [1.54, 1.807) is 11.3 Å². The minimum absolute atomic E-state index is 1.35. The second-order valence-electron chi connectivity index (χ2n) is 2.34. The van der Waals surface area contributed by atoms with Crippen LogP contribution in [0.5, 0.6) is 0 Å². The van der Waals surface area contributed by atoms with Crippen molar-refractivity contribution in [2.24, 2.45) is 0 Å². The summed E-state index contributed by atoms with van der Waals surface area (Å²) in [6.07, 6.45) is 0. The molecule has 2 nitrogen and oxygen atoms in total. The molecule has 0 atom stereocenters. The standard InChI is InChI=1S/C8H6S.Cl2O2S/c1-2-4-8-7(3-1)5-6-9-8;1-5(2,3)4/h1-6H;. The van der Waals surface area contributed by atoms with Crippen LogP contribution >= 0.6 is 32.7 Å². The average Bonchev–Trinajstić information content (AvgIpc) is 2.47. The average molecular weight is 269 g/mol. The van der Waals surface area contributed by atoms with Gasteiger partial charge in [-0.15, -0.1) is 11.3 Å². The minimum atomic E-state index is -3.72. The number of halogens is 2. The molecule has 0 fully saturated rings. The summed E-state index contributed by atoms with van der Waals surface area (Å²) < 4.78 is 19.7. The number of benzene rings is 1. The summed E-state index contributed by atoms with van der Waals surface area (Å²) in [5.74, 6) is 0. The Labute approximate surface area is 95.0 Å². The maximum atomic E-state index is 9.16. The van der Waals surface area contributed by atoms with Crippen LogP contribution in [0.1, 0.15) is 0 Å². The number of rotatable bonds is 0. The van der Waals surface area contributed by atoms with E-state index in [1.165, 1.54) is 10.1 Å². The SMILES string of the molecule is O=S(=O)(Cl)Cl.c1ccc2sccc2c1. The first kappa shape index (κ1) is 11.8. The topological polar surface area (TPSA) is 34.1 Å². The molecular formula is C8H6Cl2O2S2. The summed E-state index contributed by atoms with van der Waals surface area (Å²) in [5.41, 5.74) is 0. The predicted octanol–water partition coefficient (Wildman–Crippen LogP) is 3.61. The zero-order chi connectivity index (χ0) is 10.6. The third-order valence-electron chi connectivity index (χ3n) is 1.36. The molecule has 2 rings (SSSR count). The van der Waals surface area contributed by atoms with Crippen molar-refractivity contribution in [1.29, 1.82) is 0 Å². The van der Waals surface area contributed by atoms with E-state index < -0.39 is 8.26 Å². The first-order chi connectivity index (χ1) is 6.47.